The SMILES string of the molecule is CCCOC1CCCN(CCC2CNCCO2)C1. The van der Waals surface area contributed by atoms with E-state index >= 15 is 0 Å². The molecule has 0 spiro atoms. The van der Waals surface area contributed by atoms with E-state index < -0.39 is 0 Å². The molecule has 0 aromatic rings. The maximum Gasteiger partial charge on any atom is 0.0712 e. The third-order valence-corrected chi connectivity index (χ3v) is 3.79. The number of hydrogen-bond donors (Lipinski definition) is 1. The molecule has 18 heavy (non-hydrogen) atoms. The Hall–Kier alpha value is -0.160. The first-order valence-electron chi connectivity index (χ1n) is 7.54. The zero-order valence-electron chi connectivity index (χ0n) is 11.7. The van der Waals surface area contributed by atoms with Crippen molar-refractivity contribution in [3.8, 4) is 0 Å². The first-order chi connectivity index (χ1) is 8.88. The Balaban J connectivity index is 1.62. The first-order valence-corrected chi connectivity index (χ1v) is 7.54. The van der Waals surface area contributed by atoms with Gasteiger partial charge in [0, 0.05) is 32.8 Å². The molecule has 2 heterocycles. The van der Waals surface area contributed by atoms with Crippen LogP contribution in [0.1, 0.15) is 32.6 Å². The van der Waals surface area contributed by atoms with Crippen molar-refractivity contribution in [3.05, 3.63) is 0 Å². The van der Waals surface area contributed by atoms with E-state index in [4.69, 9.17) is 9.47 Å². The number of nitrogens with zero attached hydrogens (tertiary/aromatic N) is 1. The Labute approximate surface area is 111 Å². The lowest BCUT2D eigenvalue weighted by Gasteiger charge is -2.34. The van der Waals surface area contributed by atoms with Crippen LogP contribution in [0.3, 0.4) is 0 Å². The number of ether oxygens (including phenoxy) is 2. The van der Waals surface area contributed by atoms with Gasteiger partial charge in [-0.2, -0.15) is 0 Å². The Kier molecular flexibility index (Phi) is 6.41. The topological polar surface area (TPSA) is 33.7 Å². The van der Waals surface area contributed by atoms with Gasteiger partial charge in [-0.1, -0.05) is 6.92 Å². The smallest absolute Gasteiger partial charge is 0.0712 e. The lowest BCUT2D eigenvalue weighted by atomic mass is 10.1. The number of hydrogen-bond acceptors (Lipinski definition) is 4. The quantitative estimate of drug-likeness (QED) is 0.775. The van der Waals surface area contributed by atoms with Crippen molar-refractivity contribution < 1.29 is 9.47 Å². The molecule has 0 saturated carbocycles. The van der Waals surface area contributed by atoms with Gasteiger partial charge in [0.25, 0.3) is 0 Å². The molecule has 2 unspecified atom stereocenters. The Morgan fingerprint density at radius 3 is 3.17 bits per heavy atom. The molecule has 2 aliphatic heterocycles. The van der Waals surface area contributed by atoms with Crippen molar-refractivity contribution >= 4 is 0 Å². The average Bonchev–Trinajstić information content (AvgIpc) is 2.44. The normalized spacial score (nSPS) is 30.5. The van der Waals surface area contributed by atoms with Gasteiger partial charge in [0.1, 0.15) is 0 Å². The maximum absolute atomic E-state index is 5.87. The largest absolute Gasteiger partial charge is 0.377 e. The number of piperidine rings is 1. The second-order valence-corrected chi connectivity index (χ2v) is 5.42. The minimum atomic E-state index is 0.413. The molecule has 0 bridgehead atoms. The monoisotopic (exact) mass is 256 g/mol. The minimum Gasteiger partial charge on any atom is -0.377 e. The van der Waals surface area contributed by atoms with Crippen LogP contribution in [0.25, 0.3) is 0 Å². The molecule has 0 aliphatic carbocycles. The summed E-state index contributed by atoms with van der Waals surface area (Å²) in [5.41, 5.74) is 0. The van der Waals surface area contributed by atoms with Crippen LogP contribution in [-0.2, 0) is 9.47 Å². The lowest BCUT2D eigenvalue weighted by molar-refractivity contribution is -0.0134. The molecule has 0 aromatic heterocycles. The van der Waals surface area contributed by atoms with Crippen LogP contribution in [-0.4, -0.2) is 63.0 Å². The second kappa shape index (κ2) is 8.10. The summed E-state index contributed by atoms with van der Waals surface area (Å²) in [6, 6.07) is 0. The molecular weight excluding hydrogens is 228 g/mol. The number of likely N-dealkylation sites (tertiary alicyclic amines) is 1. The summed E-state index contributed by atoms with van der Waals surface area (Å²) < 4.78 is 11.6. The summed E-state index contributed by atoms with van der Waals surface area (Å²) in [5, 5.41) is 3.39. The zero-order valence-corrected chi connectivity index (χ0v) is 11.7. The van der Waals surface area contributed by atoms with Crippen LogP contribution >= 0.6 is 0 Å². The van der Waals surface area contributed by atoms with E-state index in [1.807, 2.05) is 0 Å². The van der Waals surface area contributed by atoms with Gasteiger partial charge in [-0.05, 0) is 32.2 Å². The molecule has 2 rings (SSSR count). The van der Waals surface area contributed by atoms with E-state index in [1.54, 1.807) is 0 Å². The van der Waals surface area contributed by atoms with Gasteiger partial charge in [0.15, 0.2) is 0 Å². The molecule has 106 valence electrons. The van der Waals surface area contributed by atoms with Crippen LogP contribution in [0.4, 0.5) is 0 Å². The van der Waals surface area contributed by atoms with Crippen LogP contribution in [0.5, 0.6) is 0 Å². The summed E-state index contributed by atoms with van der Waals surface area (Å²) in [4.78, 5) is 2.54. The van der Waals surface area contributed by atoms with Crippen LogP contribution in [0.2, 0.25) is 0 Å². The Morgan fingerprint density at radius 1 is 1.44 bits per heavy atom. The number of rotatable bonds is 6. The molecule has 2 aliphatic rings. The Morgan fingerprint density at radius 2 is 2.39 bits per heavy atom. The van der Waals surface area contributed by atoms with E-state index in [1.165, 1.54) is 19.4 Å². The zero-order chi connectivity index (χ0) is 12.6. The molecule has 4 heteroatoms. The molecule has 2 saturated heterocycles. The van der Waals surface area contributed by atoms with Crippen LogP contribution in [0, 0.1) is 0 Å². The van der Waals surface area contributed by atoms with Crippen molar-refractivity contribution in [2.75, 3.05) is 45.9 Å². The summed E-state index contributed by atoms with van der Waals surface area (Å²) >= 11 is 0. The fourth-order valence-corrected chi connectivity index (χ4v) is 2.77. The average molecular weight is 256 g/mol. The van der Waals surface area contributed by atoms with Gasteiger partial charge in [0.2, 0.25) is 0 Å². The maximum atomic E-state index is 5.87. The highest BCUT2D eigenvalue weighted by molar-refractivity contribution is 4.75. The molecular formula is C14H28N2O2. The molecule has 2 atom stereocenters. The highest BCUT2D eigenvalue weighted by atomic mass is 16.5. The van der Waals surface area contributed by atoms with Gasteiger partial charge in [-0.3, -0.25) is 0 Å². The fourth-order valence-electron chi connectivity index (χ4n) is 2.77. The van der Waals surface area contributed by atoms with Crippen LogP contribution < -0.4 is 5.32 Å². The molecule has 0 radical (unpaired) electrons. The molecule has 1 N–H and O–H groups in total. The summed E-state index contributed by atoms with van der Waals surface area (Å²) in [6.45, 7) is 9.47. The standard InChI is InChI=1S/C14H28N2O2/c1-2-9-17-14-4-3-7-16(12-14)8-5-13-11-15-6-10-18-13/h13-15H,2-12H2,1H3. The predicted molar refractivity (Wildman–Crippen MR) is 72.9 cm³/mol. The van der Waals surface area contributed by atoms with Crippen molar-refractivity contribution in [3.63, 3.8) is 0 Å². The van der Waals surface area contributed by atoms with Crippen molar-refractivity contribution in [2.24, 2.45) is 0 Å². The van der Waals surface area contributed by atoms with Gasteiger partial charge in [0.05, 0.1) is 18.8 Å². The van der Waals surface area contributed by atoms with E-state index in [0.717, 1.165) is 52.2 Å². The van der Waals surface area contributed by atoms with Gasteiger partial charge in [-0.15, -0.1) is 0 Å². The molecule has 0 amide bonds. The molecule has 2 fully saturated rings. The predicted octanol–water partition coefficient (Wildman–Crippen LogP) is 1.26. The van der Waals surface area contributed by atoms with Crippen molar-refractivity contribution in [1.82, 2.24) is 10.2 Å². The number of morpholine rings is 1. The highest BCUT2D eigenvalue weighted by Gasteiger charge is 2.21. The summed E-state index contributed by atoms with van der Waals surface area (Å²) in [5.74, 6) is 0. The summed E-state index contributed by atoms with van der Waals surface area (Å²) in [6.07, 6.45) is 5.65. The highest BCUT2D eigenvalue weighted by Crippen LogP contribution is 2.14. The van der Waals surface area contributed by atoms with Crippen molar-refractivity contribution in [1.29, 1.82) is 0 Å². The second-order valence-electron chi connectivity index (χ2n) is 5.42. The Bertz CT molecular complexity index is 220. The van der Waals surface area contributed by atoms with E-state index in [-0.39, 0.29) is 0 Å². The van der Waals surface area contributed by atoms with Crippen molar-refractivity contribution in [2.45, 2.75) is 44.8 Å². The minimum absolute atomic E-state index is 0.413. The van der Waals surface area contributed by atoms with E-state index in [0.29, 0.717) is 12.2 Å². The third kappa shape index (κ3) is 4.84. The lowest BCUT2D eigenvalue weighted by Crippen LogP contribution is -2.44. The van der Waals surface area contributed by atoms with E-state index in [9.17, 15) is 0 Å². The van der Waals surface area contributed by atoms with Gasteiger partial charge >= 0.3 is 0 Å². The summed E-state index contributed by atoms with van der Waals surface area (Å²) in [7, 11) is 0. The molecule has 4 nitrogen and oxygen atoms in total. The van der Waals surface area contributed by atoms with E-state index in [2.05, 4.69) is 17.1 Å². The van der Waals surface area contributed by atoms with Gasteiger partial charge < -0.3 is 19.7 Å². The first kappa shape index (κ1) is 14.3. The molecule has 0 aromatic carbocycles. The van der Waals surface area contributed by atoms with Crippen LogP contribution in [0.15, 0.2) is 0 Å². The van der Waals surface area contributed by atoms with Gasteiger partial charge in [-0.25, -0.2) is 0 Å². The fraction of sp³-hybridized carbons (Fsp3) is 1.00. The third-order valence-electron chi connectivity index (χ3n) is 3.79. The number of nitrogens with one attached hydrogen (secondary N) is 1.